The van der Waals surface area contributed by atoms with Gasteiger partial charge in [-0.15, -0.1) is 0 Å². The smallest absolute Gasteiger partial charge is 0.222 e. The van der Waals surface area contributed by atoms with E-state index in [-0.39, 0.29) is 11.4 Å². The summed E-state index contributed by atoms with van der Waals surface area (Å²) in [6, 6.07) is 3.87. The van der Waals surface area contributed by atoms with Gasteiger partial charge in [0.2, 0.25) is 5.78 Å². The number of rotatable bonds is 8. The Kier molecular flexibility index (Phi) is 9.58. The van der Waals surface area contributed by atoms with Crippen LogP contribution in [-0.2, 0) is 0 Å². The highest BCUT2D eigenvalue weighted by Gasteiger charge is 2.18. The minimum Gasteiger partial charge on any atom is -0.382 e. The van der Waals surface area contributed by atoms with Crippen molar-refractivity contribution in [1.82, 2.24) is 13.6 Å². The third-order valence-corrected chi connectivity index (χ3v) is 5.20. The monoisotopic (exact) mass is 476 g/mol. The van der Waals surface area contributed by atoms with Crippen molar-refractivity contribution >= 4 is 60.2 Å². The van der Waals surface area contributed by atoms with E-state index in [1.807, 2.05) is 22.4 Å². The first-order chi connectivity index (χ1) is 11.5. The van der Waals surface area contributed by atoms with E-state index >= 15 is 0 Å². The lowest BCUT2D eigenvalue weighted by Crippen LogP contribution is -2.28. The lowest BCUT2D eigenvalue weighted by Gasteiger charge is -2.07. The highest BCUT2D eigenvalue weighted by Crippen LogP contribution is 2.17. The predicted octanol–water partition coefficient (Wildman–Crippen LogP) is 2.32. The SMILES string of the molecule is CC/C=c1/cc(C(=O)/C(C#N)=C/N(C)C)n(SI)/c1=C/CNSC. The van der Waals surface area contributed by atoms with Gasteiger partial charge in [-0.2, -0.15) is 5.26 Å². The summed E-state index contributed by atoms with van der Waals surface area (Å²) in [5, 5.41) is 11.3. The molecule has 1 N–H and O–H groups in total. The van der Waals surface area contributed by atoms with Crippen LogP contribution in [0.3, 0.4) is 0 Å². The van der Waals surface area contributed by atoms with Crippen molar-refractivity contribution in [2.45, 2.75) is 13.3 Å². The lowest BCUT2D eigenvalue weighted by molar-refractivity contribution is 0.103. The Balaban J connectivity index is 3.53. The fourth-order valence-corrected chi connectivity index (χ4v) is 4.09. The maximum absolute atomic E-state index is 12.8. The molecule has 0 radical (unpaired) electrons. The van der Waals surface area contributed by atoms with Crippen LogP contribution in [0, 0.1) is 11.3 Å². The molecule has 0 aliphatic rings. The number of carbonyl (C=O) groups is 1. The number of Topliss-reactive ketones (excluding diaryl/α,β-unsaturated/α-hetero) is 1. The molecule has 1 aromatic heterocycles. The van der Waals surface area contributed by atoms with Crippen molar-refractivity contribution in [2.24, 2.45) is 0 Å². The number of hydrogen-bond acceptors (Lipinski definition) is 6. The van der Waals surface area contributed by atoms with Gasteiger partial charge in [-0.3, -0.25) is 13.5 Å². The van der Waals surface area contributed by atoms with Gasteiger partial charge in [0, 0.05) is 57.2 Å². The molecule has 0 saturated carbocycles. The number of aromatic nitrogens is 1. The average Bonchev–Trinajstić information content (AvgIpc) is 2.90. The largest absolute Gasteiger partial charge is 0.382 e. The molecule has 5 nitrogen and oxygen atoms in total. The number of allylic oxidation sites excluding steroid dienone is 1. The Hall–Kier alpha value is -0.890. The molecule has 1 rings (SSSR count). The second-order valence-corrected chi connectivity index (χ2v) is 7.43. The summed E-state index contributed by atoms with van der Waals surface area (Å²) in [6.07, 6.45) is 8.55. The first-order valence-corrected chi connectivity index (χ1v) is 11.8. The summed E-state index contributed by atoms with van der Waals surface area (Å²) in [5.41, 5.74) is 0.639. The topological polar surface area (TPSA) is 61.1 Å². The highest BCUT2D eigenvalue weighted by atomic mass is 127. The van der Waals surface area contributed by atoms with Gasteiger partial charge in [0.15, 0.2) is 0 Å². The van der Waals surface area contributed by atoms with Crippen LogP contribution in [-0.4, -0.2) is 41.6 Å². The zero-order valence-electron chi connectivity index (χ0n) is 14.2. The van der Waals surface area contributed by atoms with Crippen LogP contribution in [0.4, 0.5) is 0 Å². The Morgan fingerprint density at radius 2 is 2.21 bits per heavy atom. The van der Waals surface area contributed by atoms with E-state index in [0.717, 1.165) is 17.0 Å². The maximum Gasteiger partial charge on any atom is 0.222 e. The third-order valence-electron chi connectivity index (χ3n) is 3.03. The molecule has 0 fully saturated rings. The summed E-state index contributed by atoms with van der Waals surface area (Å²) >= 11 is 3.70. The summed E-state index contributed by atoms with van der Waals surface area (Å²) in [7, 11) is 5.02. The predicted molar refractivity (Wildman–Crippen MR) is 113 cm³/mol. The standard InChI is InChI=1S/C16H21IN4OS2/c1-5-6-12-9-15(16(22)13(10-18)11-20(2)3)21(24-17)14(12)7-8-19-23-4/h6-7,9,11,19H,5,8H2,1-4H3/b12-6-,13-11+,14-7+. The number of nitriles is 1. The third kappa shape index (κ3) is 5.58. The van der Waals surface area contributed by atoms with Crippen LogP contribution >= 0.6 is 42.3 Å². The van der Waals surface area contributed by atoms with E-state index in [4.69, 9.17) is 0 Å². The molecule has 1 heterocycles. The number of halogens is 1. The number of nitrogens with one attached hydrogen (secondary N) is 1. The molecule has 0 atom stereocenters. The molecule has 0 saturated heterocycles. The van der Waals surface area contributed by atoms with Crippen LogP contribution in [0.1, 0.15) is 23.8 Å². The molecule has 0 bridgehead atoms. The Bertz CT molecular complexity index is 762. The number of ketones is 1. The van der Waals surface area contributed by atoms with Gasteiger partial charge in [-0.05, 0) is 30.0 Å². The fraction of sp³-hybridized carbons (Fsp3) is 0.375. The highest BCUT2D eigenvalue weighted by molar-refractivity contribution is 14.2. The summed E-state index contributed by atoms with van der Waals surface area (Å²) in [5.74, 6) is -0.265. The minimum absolute atomic E-state index is 0.126. The molecule has 0 aromatic carbocycles. The Labute approximate surface area is 163 Å². The van der Waals surface area contributed by atoms with Crippen molar-refractivity contribution in [3.8, 4) is 6.07 Å². The van der Waals surface area contributed by atoms with E-state index in [9.17, 15) is 10.1 Å². The molecule has 0 aliphatic heterocycles. The van der Waals surface area contributed by atoms with Crippen molar-refractivity contribution in [3.05, 3.63) is 34.1 Å². The second-order valence-electron chi connectivity index (χ2n) is 5.05. The molecule has 8 heteroatoms. The summed E-state index contributed by atoms with van der Waals surface area (Å²) < 4.78 is 5.06. The van der Waals surface area contributed by atoms with Gasteiger partial charge in [0.1, 0.15) is 17.3 Å². The molecular weight excluding hydrogens is 455 g/mol. The molecule has 0 unspecified atom stereocenters. The molecule has 0 aliphatic carbocycles. The molecule has 130 valence electrons. The quantitative estimate of drug-likeness (QED) is 0.155. The average molecular weight is 476 g/mol. The van der Waals surface area contributed by atoms with Crippen molar-refractivity contribution < 1.29 is 4.79 Å². The molecule has 0 spiro atoms. The van der Waals surface area contributed by atoms with Crippen LogP contribution in [0.15, 0.2) is 17.8 Å². The zero-order chi connectivity index (χ0) is 18.1. The molecular formula is C16H21IN4OS2. The first kappa shape index (κ1) is 21.2. The molecule has 1 aromatic rings. The van der Waals surface area contributed by atoms with Gasteiger partial charge in [-0.1, -0.05) is 24.9 Å². The fourth-order valence-electron chi connectivity index (χ4n) is 2.10. The Morgan fingerprint density at radius 1 is 1.50 bits per heavy atom. The molecule has 0 amide bonds. The summed E-state index contributed by atoms with van der Waals surface area (Å²) in [4.78, 5) is 14.5. The molecule has 24 heavy (non-hydrogen) atoms. The van der Waals surface area contributed by atoms with E-state index in [2.05, 4.69) is 45.0 Å². The van der Waals surface area contributed by atoms with E-state index in [1.54, 1.807) is 37.1 Å². The van der Waals surface area contributed by atoms with Crippen molar-refractivity contribution in [2.75, 3.05) is 26.9 Å². The van der Waals surface area contributed by atoms with Crippen molar-refractivity contribution in [3.63, 3.8) is 0 Å². The van der Waals surface area contributed by atoms with Gasteiger partial charge < -0.3 is 4.90 Å². The second kappa shape index (κ2) is 10.9. The van der Waals surface area contributed by atoms with E-state index in [0.29, 0.717) is 12.2 Å². The summed E-state index contributed by atoms with van der Waals surface area (Å²) in [6.45, 7) is 2.76. The number of carbonyl (C=O) groups excluding carboxylic acids is 1. The van der Waals surface area contributed by atoms with Gasteiger partial charge in [0.05, 0.1) is 5.35 Å². The van der Waals surface area contributed by atoms with Crippen LogP contribution in [0.2, 0.25) is 0 Å². The van der Waals surface area contributed by atoms with E-state index < -0.39 is 0 Å². The van der Waals surface area contributed by atoms with Crippen molar-refractivity contribution in [1.29, 1.82) is 5.26 Å². The Morgan fingerprint density at radius 3 is 2.71 bits per heavy atom. The van der Waals surface area contributed by atoms with Gasteiger partial charge in [0.25, 0.3) is 0 Å². The van der Waals surface area contributed by atoms with Crippen LogP contribution in [0.25, 0.3) is 12.2 Å². The van der Waals surface area contributed by atoms with Gasteiger partial charge in [-0.25, -0.2) is 0 Å². The van der Waals surface area contributed by atoms with Crippen LogP contribution < -0.4 is 15.3 Å². The maximum atomic E-state index is 12.8. The minimum atomic E-state index is -0.265. The van der Waals surface area contributed by atoms with Gasteiger partial charge >= 0.3 is 0 Å². The van der Waals surface area contributed by atoms with E-state index in [1.165, 1.54) is 9.12 Å². The normalized spacial score (nSPS) is 13.2. The number of nitrogens with zero attached hydrogens (tertiary/aromatic N) is 3. The first-order valence-electron chi connectivity index (χ1n) is 7.30. The zero-order valence-corrected chi connectivity index (χ0v) is 18.0. The number of hydrogen-bond donors (Lipinski definition) is 1. The van der Waals surface area contributed by atoms with Crippen LogP contribution in [0.5, 0.6) is 0 Å². The lowest BCUT2D eigenvalue weighted by atomic mass is 10.1.